The molecule has 0 atom stereocenters. The van der Waals surface area contributed by atoms with Crippen LogP contribution in [-0.2, 0) is 9.59 Å². The van der Waals surface area contributed by atoms with Gasteiger partial charge in [-0.15, -0.1) is 0 Å². The second kappa shape index (κ2) is 14.7. The molecule has 2 aliphatic heterocycles. The Morgan fingerprint density at radius 1 is 1.00 bits per heavy atom. The molecule has 0 spiro atoms. The van der Waals surface area contributed by atoms with Crippen molar-refractivity contribution in [1.29, 1.82) is 0 Å². The van der Waals surface area contributed by atoms with Crippen LogP contribution in [0, 0.1) is 12.8 Å². The average molecular weight is 616 g/mol. The number of halogens is 3. The summed E-state index contributed by atoms with van der Waals surface area (Å²) in [6.07, 6.45) is 1.61. The number of hydrogen-bond donors (Lipinski definition) is 3. The SMILES string of the molecule is Cc1c[nH]c2cc(C(=O)N(CC(=O)NCC3CCN(C4CCN(C)CC4)CC3)c3ccccc3)ccc12.O=C(O)C(F)(F)F. The molecule has 0 unspecified atom stereocenters. The van der Waals surface area contributed by atoms with E-state index in [0.29, 0.717) is 24.1 Å². The highest BCUT2D eigenvalue weighted by Gasteiger charge is 2.38. The van der Waals surface area contributed by atoms with Crippen LogP contribution in [0.3, 0.4) is 0 Å². The Morgan fingerprint density at radius 3 is 2.25 bits per heavy atom. The number of hydrogen-bond acceptors (Lipinski definition) is 5. The standard InChI is InChI=1S/C30H39N5O2.C2HF3O2/c1-22-19-31-28-18-24(8-9-27(22)28)30(37)35(26-6-4-3-5-7-26)21-29(36)32-20-23-10-16-34(17-11-23)25-12-14-33(2)15-13-25;3-2(4,5)1(6)7/h3-9,18-19,23,25,31H,10-17,20-21H2,1-2H3,(H,32,36);(H,6,7). The highest BCUT2D eigenvalue weighted by molar-refractivity contribution is 6.10. The third-order valence-electron chi connectivity index (χ3n) is 8.43. The van der Waals surface area contributed by atoms with Crippen molar-refractivity contribution in [2.45, 2.75) is 44.8 Å². The summed E-state index contributed by atoms with van der Waals surface area (Å²) in [4.78, 5) is 45.4. The number of likely N-dealkylation sites (tertiary alicyclic amines) is 2. The molecule has 2 saturated heterocycles. The first-order valence-corrected chi connectivity index (χ1v) is 14.9. The minimum absolute atomic E-state index is 0.000918. The molecule has 3 aromatic rings. The number of amides is 2. The number of carbonyl (C=O) groups is 3. The molecule has 0 bridgehead atoms. The van der Waals surface area contributed by atoms with Crippen molar-refractivity contribution >= 4 is 34.4 Å². The van der Waals surface area contributed by atoms with Gasteiger partial charge in [0.1, 0.15) is 6.54 Å². The van der Waals surface area contributed by atoms with Crippen LogP contribution in [0.5, 0.6) is 0 Å². The fourth-order valence-electron chi connectivity index (χ4n) is 5.79. The van der Waals surface area contributed by atoms with Gasteiger partial charge in [-0.05, 0) is 102 Å². The molecular weight excluding hydrogens is 575 g/mol. The van der Waals surface area contributed by atoms with Gasteiger partial charge in [0.15, 0.2) is 0 Å². The number of H-pyrrole nitrogens is 1. The zero-order valence-electron chi connectivity index (χ0n) is 25.1. The topological polar surface area (TPSA) is 109 Å². The predicted molar refractivity (Wildman–Crippen MR) is 163 cm³/mol. The van der Waals surface area contributed by atoms with Crippen LogP contribution in [0.4, 0.5) is 18.9 Å². The lowest BCUT2D eigenvalue weighted by Gasteiger charge is -2.41. The largest absolute Gasteiger partial charge is 0.490 e. The Morgan fingerprint density at radius 2 is 1.64 bits per heavy atom. The van der Waals surface area contributed by atoms with Gasteiger partial charge in [0.2, 0.25) is 5.91 Å². The molecular formula is C32H40F3N5O4. The number of alkyl halides is 3. The second-order valence-electron chi connectivity index (χ2n) is 11.6. The molecule has 3 N–H and O–H groups in total. The first kappa shape index (κ1) is 33.0. The van der Waals surface area contributed by atoms with E-state index in [9.17, 15) is 22.8 Å². The lowest BCUT2D eigenvalue weighted by Crippen LogP contribution is -2.48. The number of para-hydroxylation sites is 1. The summed E-state index contributed by atoms with van der Waals surface area (Å²) in [5.41, 5.74) is 3.35. The molecule has 9 nitrogen and oxygen atoms in total. The van der Waals surface area contributed by atoms with Crippen molar-refractivity contribution in [1.82, 2.24) is 20.1 Å². The van der Waals surface area contributed by atoms with E-state index in [0.717, 1.165) is 48.1 Å². The van der Waals surface area contributed by atoms with Crippen LogP contribution in [0.15, 0.2) is 54.7 Å². The van der Waals surface area contributed by atoms with Crippen LogP contribution in [0.1, 0.15) is 41.6 Å². The Balaban J connectivity index is 0.000000566. The van der Waals surface area contributed by atoms with Crippen LogP contribution in [0.25, 0.3) is 10.9 Å². The van der Waals surface area contributed by atoms with Crippen molar-refractivity contribution in [2.24, 2.45) is 5.92 Å². The fourth-order valence-corrected chi connectivity index (χ4v) is 5.79. The van der Waals surface area contributed by atoms with Gasteiger partial charge in [0, 0.05) is 40.9 Å². The van der Waals surface area contributed by atoms with Gasteiger partial charge in [-0.2, -0.15) is 13.2 Å². The van der Waals surface area contributed by atoms with E-state index in [2.05, 4.69) is 27.1 Å². The minimum Gasteiger partial charge on any atom is -0.475 e. The number of fused-ring (bicyclic) bond motifs is 1. The number of nitrogens with one attached hydrogen (secondary N) is 2. The summed E-state index contributed by atoms with van der Waals surface area (Å²) < 4.78 is 31.7. The van der Waals surface area contributed by atoms with Gasteiger partial charge in [-0.1, -0.05) is 24.3 Å². The first-order valence-electron chi connectivity index (χ1n) is 14.9. The first-order chi connectivity index (χ1) is 20.9. The molecule has 2 amide bonds. The number of carboxylic acids is 1. The monoisotopic (exact) mass is 615 g/mol. The lowest BCUT2D eigenvalue weighted by atomic mass is 9.93. The number of anilines is 1. The third-order valence-corrected chi connectivity index (χ3v) is 8.43. The predicted octanol–water partition coefficient (Wildman–Crippen LogP) is 4.68. The number of rotatable bonds is 7. The number of benzene rings is 2. The maximum absolute atomic E-state index is 13.6. The zero-order valence-corrected chi connectivity index (χ0v) is 25.1. The van der Waals surface area contributed by atoms with Crippen molar-refractivity contribution in [3.63, 3.8) is 0 Å². The van der Waals surface area contributed by atoms with Gasteiger partial charge < -0.3 is 25.2 Å². The molecule has 238 valence electrons. The maximum atomic E-state index is 13.6. The molecule has 3 heterocycles. The summed E-state index contributed by atoms with van der Waals surface area (Å²) in [5, 5.41) is 11.4. The number of aliphatic carboxylic acids is 1. The van der Waals surface area contributed by atoms with E-state index in [1.807, 2.05) is 61.7 Å². The van der Waals surface area contributed by atoms with Crippen LogP contribution >= 0.6 is 0 Å². The number of carboxylic acid groups (broad SMARTS) is 1. The summed E-state index contributed by atoms with van der Waals surface area (Å²) in [5.74, 6) is -2.56. The number of nitrogens with zero attached hydrogens (tertiary/aromatic N) is 3. The third kappa shape index (κ3) is 8.82. The number of aromatic nitrogens is 1. The van der Waals surface area contributed by atoms with Crippen LogP contribution in [0.2, 0.25) is 0 Å². The van der Waals surface area contributed by atoms with Crippen molar-refractivity contribution in [2.75, 3.05) is 51.2 Å². The Bertz CT molecular complexity index is 1410. The van der Waals surface area contributed by atoms with E-state index < -0.39 is 12.1 Å². The van der Waals surface area contributed by atoms with Gasteiger partial charge in [0.25, 0.3) is 5.91 Å². The van der Waals surface area contributed by atoms with Gasteiger partial charge in [0.05, 0.1) is 0 Å². The molecule has 0 aliphatic carbocycles. The number of piperidine rings is 2. The van der Waals surface area contributed by atoms with E-state index in [4.69, 9.17) is 9.90 Å². The number of carbonyl (C=O) groups excluding carboxylic acids is 2. The van der Waals surface area contributed by atoms with E-state index in [1.54, 1.807) is 4.90 Å². The van der Waals surface area contributed by atoms with Crippen LogP contribution < -0.4 is 10.2 Å². The molecule has 44 heavy (non-hydrogen) atoms. The van der Waals surface area contributed by atoms with Gasteiger partial charge >= 0.3 is 12.1 Å². The Hall–Kier alpha value is -3.90. The molecule has 2 fully saturated rings. The molecule has 1 aromatic heterocycles. The average Bonchev–Trinajstić information content (AvgIpc) is 3.39. The summed E-state index contributed by atoms with van der Waals surface area (Å²) >= 11 is 0. The lowest BCUT2D eigenvalue weighted by molar-refractivity contribution is -0.192. The fraction of sp³-hybridized carbons (Fsp3) is 0.469. The summed E-state index contributed by atoms with van der Waals surface area (Å²) in [6.45, 7) is 7.32. The zero-order chi connectivity index (χ0) is 31.9. The minimum atomic E-state index is -5.08. The molecule has 5 rings (SSSR count). The Labute approximate surface area is 255 Å². The van der Waals surface area contributed by atoms with Gasteiger partial charge in [-0.25, -0.2) is 4.79 Å². The van der Waals surface area contributed by atoms with Crippen LogP contribution in [-0.4, -0.2) is 96.2 Å². The number of aryl methyl sites for hydroxylation is 1. The van der Waals surface area contributed by atoms with Crippen molar-refractivity contribution in [3.05, 3.63) is 65.9 Å². The smallest absolute Gasteiger partial charge is 0.475 e. The quantitative estimate of drug-likeness (QED) is 0.356. The molecule has 0 saturated carbocycles. The second-order valence-corrected chi connectivity index (χ2v) is 11.6. The highest BCUT2D eigenvalue weighted by Crippen LogP contribution is 2.24. The molecule has 12 heteroatoms. The molecule has 0 radical (unpaired) electrons. The van der Waals surface area contributed by atoms with E-state index in [1.165, 1.54) is 25.9 Å². The van der Waals surface area contributed by atoms with E-state index in [-0.39, 0.29) is 18.4 Å². The molecule has 2 aliphatic rings. The number of aromatic amines is 1. The normalized spacial score (nSPS) is 17.1. The maximum Gasteiger partial charge on any atom is 0.490 e. The Kier molecular flexibility index (Phi) is 11.0. The van der Waals surface area contributed by atoms with Gasteiger partial charge in [-0.3, -0.25) is 14.5 Å². The van der Waals surface area contributed by atoms with Crippen molar-refractivity contribution < 1.29 is 32.7 Å². The molecule has 2 aromatic carbocycles. The van der Waals surface area contributed by atoms with E-state index >= 15 is 0 Å². The highest BCUT2D eigenvalue weighted by atomic mass is 19.4. The summed E-state index contributed by atoms with van der Waals surface area (Å²) in [7, 11) is 2.21. The van der Waals surface area contributed by atoms with Crippen molar-refractivity contribution in [3.8, 4) is 0 Å². The summed E-state index contributed by atoms with van der Waals surface area (Å²) in [6, 6.07) is 15.8.